The first kappa shape index (κ1) is 13.0. The second-order valence-electron chi connectivity index (χ2n) is 4.82. The van der Waals surface area contributed by atoms with Crippen molar-refractivity contribution in [3.05, 3.63) is 24.5 Å². The van der Waals surface area contributed by atoms with Crippen molar-refractivity contribution in [2.45, 2.75) is 26.7 Å². The second kappa shape index (κ2) is 5.48. The van der Waals surface area contributed by atoms with Crippen molar-refractivity contribution in [3.63, 3.8) is 0 Å². The molecule has 1 aliphatic heterocycles. The van der Waals surface area contributed by atoms with Crippen LogP contribution in [0.3, 0.4) is 0 Å². The van der Waals surface area contributed by atoms with Crippen molar-refractivity contribution >= 4 is 11.6 Å². The molecule has 18 heavy (non-hydrogen) atoms. The number of anilines is 1. The monoisotopic (exact) mass is 247 g/mol. The van der Waals surface area contributed by atoms with E-state index in [4.69, 9.17) is 0 Å². The minimum atomic E-state index is -0.223. The Balaban J connectivity index is 2.25. The molecule has 0 spiro atoms. The third-order valence-electron chi connectivity index (χ3n) is 3.91. The summed E-state index contributed by atoms with van der Waals surface area (Å²) in [6.45, 7) is 6.55. The summed E-state index contributed by atoms with van der Waals surface area (Å²) in [6.07, 6.45) is 5.29. The highest BCUT2D eigenvalue weighted by atomic mass is 16.2. The maximum Gasteiger partial charge on any atom is 0.234 e. The van der Waals surface area contributed by atoms with Gasteiger partial charge in [0.2, 0.25) is 5.91 Å². The number of carbonyl (C=O) groups excluding carboxylic acids is 1. The van der Waals surface area contributed by atoms with Crippen LogP contribution in [0.15, 0.2) is 24.5 Å². The van der Waals surface area contributed by atoms with Crippen molar-refractivity contribution in [3.8, 4) is 0 Å². The van der Waals surface area contributed by atoms with Crippen molar-refractivity contribution in [2.24, 2.45) is 5.41 Å². The van der Waals surface area contributed by atoms with Gasteiger partial charge >= 0.3 is 0 Å². The van der Waals surface area contributed by atoms with Crippen LogP contribution in [0.2, 0.25) is 0 Å². The van der Waals surface area contributed by atoms with Crippen LogP contribution in [0, 0.1) is 5.41 Å². The number of rotatable bonds is 4. The molecule has 0 aromatic carbocycles. The van der Waals surface area contributed by atoms with E-state index in [0.717, 1.165) is 31.6 Å². The zero-order valence-corrected chi connectivity index (χ0v) is 11.1. The normalized spacial score (nSPS) is 23.0. The lowest BCUT2D eigenvalue weighted by Gasteiger charge is -2.32. The molecule has 0 saturated carbocycles. The number of hydrogen-bond donors (Lipinski definition) is 1. The van der Waals surface area contributed by atoms with Gasteiger partial charge in [0, 0.05) is 31.2 Å². The third kappa shape index (κ3) is 2.25. The minimum absolute atomic E-state index is 0.223. The van der Waals surface area contributed by atoms with Crippen LogP contribution >= 0.6 is 0 Å². The van der Waals surface area contributed by atoms with Gasteiger partial charge in [0.05, 0.1) is 5.41 Å². The average molecular weight is 247 g/mol. The Bertz CT molecular complexity index is 399. The zero-order valence-electron chi connectivity index (χ0n) is 11.1. The molecule has 4 heteroatoms. The third-order valence-corrected chi connectivity index (χ3v) is 3.91. The molecule has 0 radical (unpaired) electrons. The summed E-state index contributed by atoms with van der Waals surface area (Å²) >= 11 is 0. The topological polar surface area (TPSA) is 45.2 Å². The first-order chi connectivity index (χ1) is 8.73. The number of aromatic nitrogens is 1. The van der Waals surface area contributed by atoms with Gasteiger partial charge in [-0.1, -0.05) is 6.92 Å². The van der Waals surface area contributed by atoms with Crippen molar-refractivity contribution in [1.82, 2.24) is 10.3 Å². The quantitative estimate of drug-likeness (QED) is 0.882. The molecular formula is C14H21N3O. The van der Waals surface area contributed by atoms with Crippen molar-refractivity contribution in [2.75, 3.05) is 24.5 Å². The Kier molecular flexibility index (Phi) is 3.97. The van der Waals surface area contributed by atoms with Crippen LogP contribution in [0.1, 0.15) is 26.7 Å². The molecule has 2 heterocycles. The SMILES string of the molecule is CCN(C(=O)C1(CC)CCNC1)c1ccncc1. The molecule has 2 rings (SSSR count). The van der Waals surface area contributed by atoms with Gasteiger partial charge in [-0.2, -0.15) is 0 Å². The molecule has 1 fully saturated rings. The van der Waals surface area contributed by atoms with Crippen LogP contribution in [-0.2, 0) is 4.79 Å². The molecule has 4 nitrogen and oxygen atoms in total. The highest BCUT2D eigenvalue weighted by Gasteiger charge is 2.42. The Morgan fingerprint density at radius 3 is 2.67 bits per heavy atom. The lowest BCUT2D eigenvalue weighted by Crippen LogP contribution is -2.45. The summed E-state index contributed by atoms with van der Waals surface area (Å²) in [7, 11) is 0. The summed E-state index contributed by atoms with van der Waals surface area (Å²) < 4.78 is 0. The van der Waals surface area contributed by atoms with Gasteiger partial charge < -0.3 is 10.2 Å². The number of hydrogen-bond acceptors (Lipinski definition) is 3. The molecule has 1 unspecified atom stereocenters. The lowest BCUT2D eigenvalue weighted by molar-refractivity contribution is -0.127. The average Bonchev–Trinajstić information content (AvgIpc) is 2.91. The summed E-state index contributed by atoms with van der Waals surface area (Å²) in [5.74, 6) is 0.240. The summed E-state index contributed by atoms with van der Waals surface area (Å²) in [6, 6.07) is 3.79. The predicted molar refractivity (Wildman–Crippen MR) is 72.5 cm³/mol. The van der Waals surface area contributed by atoms with Gasteiger partial charge in [0.1, 0.15) is 0 Å². The summed E-state index contributed by atoms with van der Waals surface area (Å²) in [4.78, 5) is 18.7. The Hall–Kier alpha value is -1.42. The molecule has 1 N–H and O–H groups in total. The van der Waals surface area contributed by atoms with Gasteiger partial charge in [-0.15, -0.1) is 0 Å². The van der Waals surface area contributed by atoms with E-state index in [1.807, 2.05) is 24.0 Å². The fourth-order valence-corrected chi connectivity index (χ4v) is 2.63. The van der Waals surface area contributed by atoms with E-state index in [1.165, 1.54) is 0 Å². The highest BCUT2D eigenvalue weighted by molar-refractivity contribution is 5.97. The van der Waals surface area contributed by atoms with Gasteiger partial charge in [-0.05, 0) is 38.4 Å². The van der Waals surface area contributed by atoms with E-state index in [0.29, 0.717) is 6.54 Å². The number of nitrogens with zero attached hydrogens (tertiary/aromatic N) is 2. The van der Waals surface area contributed by atoms with Crippen LogP contribution in [-0.4, -0.2) is 30.5 Å². The van der Waals surface area contributed by atoms with E-state index >= 15 is 0 Å². The second-order valence-corrected chi connectivity index (χ2v) is 4.82. The molecule has 1 atom stereocenters. The van der Waals surface area contributed by atoms with Crippen LogP contribution in [0.25, 0.3) is 0 Å². The summed E-state index contributed by atoms with van der Waals surface area (Å²) in [5, 5.41) is 3.32. The number of pyridine rings is 1. The van der Waals surface area contributed by atoms with Gasteiger partial charge in [0.25, 0.3) is 0 Å². The standard InChI is InChI=1S/C14H21N3O/c1-3-14(7-10-16-11-14)13(18)17(4-2)12-5-8-15-9-6-12/h5-6,8-9,16H,3-4,7,10-11H2,1-2H3. The smallest absolute Gasteiger partial charge is 0.234 e. The molecular weight excluding hydrogens is 226 g/mol. The molecule has 0 bridgehead atoms. The van der Waals surface area contributed by atoms with E-state index in [-0.39, 0.29) is 11.3 Å². The molecule has 1 saturated heterocycles. The highest BCUT2D eigenvalue weighted by Crippen LogP contribution is 2.33. The predicted octanol–water partition coefficient (Wildman–Crippen LogP) is 1.82. The van der Waals surface area contributed by atoms with Crippen LogP contribution in [0.5, 0.6) is 0 Å². The van der Waals surface area contributed by atoms with Crippen LogP contribution < -0.4 is 10.2 Å². The Morgan fingerprint density at radius 2 is 2.17 bits per heavy atom. The van der Waals surface area contributed by atoms with Gasteiger partial charge in [-0.25, -0.2) is 0 Å². The largest absolute Gasteiger partial charge is 0.316 e. The number of carbonyl (C=O) groups is 1. The Morgan fingerprint density at radius 1 is 1.44 bits per heavy atom. The number of amides is 1. The Labute approximate surface area is 108 Å². The van der Waals surface area contributed by atoms with Crippen LogP contribution in [0.4, 0.5) is 5.69 Å². The van der Waals surface area contributed by atoms with Crippen molar-refractivity contribution in [1.29, 1.82) is 0 Å². The lowest BCUT2D eigenvalue weighted by atomic mass is 9.82. The first-order valence-corrected chi connectivity index (χ1v) is 6.66. The molecule has 1 aromatic rings. The van der Waals surface area contributed by atoms with E-state index < -0.39 is 0 Å². The molecule has 1 amide bonds. The maximum atomic E-state index is 12.8. The molecule has 0 aliphatic carbocycles. The van der Waals surface area contributed by atoms with E-state index in [2.05, 4.69) is 17.2 Å². The molecule has 1 aliphatic rings. The van der Waals surface area contributed by atoms with E-state index in [9.17, 15) is 4.79 Å². The maximum absolute atomic E-state index is 12.8. The fraction of sp³-hybridized carbons (Fsp3) is 0.571. The van der Waals surface area contributed by atoms with E-state index in [1.54, 1.807) is 12.4 Å². The summed E-state index contributed by atoms with van der Waals surface area (Å²) in [5.41, 5.74) is 0.719. The minimum Gasteiger partial charge on any atom is -0.316 e. The number of nitrogens with one attached hydrogen (secondary N) is 1. The fourth-order valence-electron chi connectivity index (χ4n) is 2.63. The molecule has 98 valence electrons. The van der Waals surface area contributed by atoms with Gasteiger partial charge in [0.15, 0.2) is 0 Å². The van der Waals surface area contributed by atoms with Crippen molar-refractivity contribution < 1.29 is 4.79 Å². The zero-order chi connectivity index (χ0) is 13.0. The first-order valence-electron chi connectivity index (χ1n) is 6.66. The van der Waals surface area contributed by atoms with Gasteiger partial charge in [-0.3, -0.25) is 9.78 Å². The molecule has 1 aromatic heterocycles.